The Bertz CT molecular complexity index is 915. The number of fused-ring (bicyclic) bond motifs is 1. The van der Waals surface area contributed by atoms with Gasteiger partial charge in [-0.25, -0.2) is 0 Å². The van der Waals surface area contributed by atoms with Crippen LogP contribution in [0.3, 0.4) is 0 Å². The molecule has 1 heterocycles. The summed E-state index contributed by atoms with van der Waals surface area (Å²) in [6, 6.07) is 16.7. The molecule has 0 saturated carbocycles. The van der Waals surface area contributed by atoms with Gasteiger partial charge in [0.1, 0.15) is 11.3 Å². The number of para-hydroxylation sites is 2. The zero-order valence-electron chi connectivity index (χ0n) is 12.7. The van der Waals surface area contributed by atoms with Gasteiger partial charge in [-0.2, -0.15) is 5.10 Å². The number of rotatable bonds is 4. The van der Waals surface area contributed by atoms with E-state index in [1.54, 1.807) is 10.6 Å². The minimum Gasteiger partial charge on any atom is -0.506 e. The lowest BCUT2D eigenvalue weighted by molar-refractivity contribution is 0.478. The minimum atomic E-state index is -0.262. The molecule has 0 bridgehead atoms. The number of aryl methyl sites for hydroxylation is 1. The summed E-state index contributed by atoms with van der Waals surface area (Å²) in [5, 5.41) is 15.1. The Morgan fingerprint density at radius 1 is 1.13 bits per heavy atom. The van der Waals surface area contributed by atoms with Crippen LogP contribution < -0.4 is 11.0 Å². The summed E-state index contributed by atoms with van der Waals surface area (Å²) >= 11 is 0. The smallest absolute Gasteiger partial charge is 0.263 e. The molecule has 116 valence electrons. The lowest BCUT2D eigenvalue weighted by Crippen LogP contribution is -2.23. The number of aromatic hydroxyl groups is 1. The molecule has 0 atom stereocenters. The van der Waals surface area contributed by atoms with Gasteiger partial charge in [0.2, 0.25) is 0 Å². The molecule has 0 spiro atoms. The van der Waals surface area contributed by atoms with E-state index in [1.807, 2.05) is 55.5 Å². The zero-order chi connectivity index (χ0) is 16.2. The van der Waals surface area contributed by atoms with E-state index in [0.29, 0.717) is 17.4 Å². The second-order valence-corrected chi connectivity index (χ2v) is 5.06. The highest BCUT2D eigenvalue weighted by Gasteiger charge is 2.13. The maximum atomic E-state index is 12.6. The van der Waals surface area contributed by atoms with E-state index >= 15 is 0 Å². The number of anilines is 1. The van der Waals surface area contributed by atoms with Crippen molar-refractivity contribution in [2.75, 3.05) is 5.43 Å². The summed E-state index contributed by atoms with van der Waals surface area (Å²) in [6.07, 6.45) is 1.36. The molecule has 3 aromatic rings. The fourth-order valence-corrected chi connectivity index (χ4v) is 2.52. The molecule has 0 unspecified atom stereocenters. The zero-order valence-corrected chi connectivity index (χ0v) is 12.7. The normalized spacial score (nSPS) is 11.2. The predicted octanol–water partition coefficient (Wildman–Crippen LogP) is 3.17. The number of nitrogens with one attached hydrogen (secondary N) is 1. The highest BCUT2D eigenvalue weighted by atomic mass is 16.3. The van der Waals surface area contributed by atoms with E-state index in [1.165, 1.54) is 6.21 Å². The Hall–Kier alpha value is -3.08. The van der Waals surface area contributed by atoms with E-state index in [9.17, 15) is 9.90 Å². The van der Waals surface area contributed by atoms with Crippen LogP contribution in [0.25, 0.3) is 10.9 Å². The van der Waals surface area contributed by atoms with E-state index in [-0.39, 0.29) is 16.9 Å². The summed E-state index contributed by atoms with van der Waals surface area (Å²) in [4.78, 5) is 12.6. The molecule has 2 aromatic carbocycles. The van der Waals surface area contributed by atoms with Crippen LogP contribution in [0.2, 0.25) is 0 Å². The third-order valence-electron chi connectivity index (χ3n) is 3.66. The van der Waals surface area contributed by atoms with Crippen molar-refractivity contribution < 1.29 is 5.11 Å². The standard InChI is InChI=1S/C18H17N3O2/c1-2-21-16-11-7-6-10-14(16)17(22)15(18(21)23)12-19-20-13-8-4-3-5-9-13/h3-12,20,22H,2H2,1H3/b19-12-. The van der Waals surface area contributed by atoms with E-state index in [2.05, 4.69) is 10.5 Å². The molecule has 2 N–H and O–H groups in total. The average molecular weight is 307 g/mol. The van der Waals surface area contributed by atoms with Gasteiger partial charge in [0.15, 0.2) is 0 Å². The average Bonchev–Trinajstić information content (AvgIpc) is 2.59. The first-order valence-corrected chi connectivity index (χ1v) is 7.41. The first-order valence-electron chi connectivity index (χ1n) is 7.41. The molecule has 0 aliphatic heterocycles. The van der Waals surface area contributed by atoms with Crippen LogP contribution >= 0.6 is 0 Å². The minimum absolute atomic E-state index is 0.0473. The highest BCUT2D eigenvalue weighted by molar-refractivity contribution is 5.95. The second kappa shape index (κ2) is 6.36. The van der Waals surface area contributed by atoms with Gasteiger partial charge >= 0.3 is 0 Å². The maximum absolute atomic E-state index is 12.6. The highest BCUT2D eigenvalue weighted by Crippen LogP contribution is 2.25. The van der Waals surface area contributed by atoms with Crippen molar-refractivity contribution in [2.45, 2.75) is 13.5 Å². The van der Waals surface area contributed by atoms with Gasteiger partial charge in [0, 0.05) is 11.9 Å². The molecule has 0 aliphatic rings. The van der Waals surface area contributed by atoms with Crippen molar-refractivity contribution in [3.05, 3.63) is 70.5 Å². The van der Waals surface area contributed by atoms with Gasteiger partial charge in [0.05, 0.1) is 17.4 Å². The van der Waals surface area contributed by atoms with Gasteiger partial charge in [-0.15, -0.1) is 0 Å². The Kier molecular flexibility index (Phi) is 4.10. The molecule has 0 fully saturated rings. The molecule has 5 heteroatoms. The van der Waals surface area contributed by atoms with Crippen LogP contribution in [-0.4, -0.2) is 15.9 Å². The lowest BCUT2D eigenvalue weighted by atomic mass is 10.1. The van der Waals surface area contributed by atoms with Crippen LogP contribution in [0.4, 0.5) is 5.69 Å². The molecule has 0 radical (unpaired) electrons. The van der Waals surface area contributed by atoms with Crippen molar-refractivity contribution in [3.63, 3.8) is 0 Å². The number of pyridine rings is 1. The molecule has 5 nitrogen and oxygen atoms in total. The summed E-state index contributed by atoms with van der Waals surface area (Å²) in [6.45, 7) is 2.42. The van der Waals surface area contributed by atoms with Crippen molar-refractivity contribution in [1.82, 2.24) is 4.57 Å². The Morgan fingerprint density at radius 3 is 2.57 bits per heavy atom. The van der Waals surface area contributed by atoms with Gasteiger partial charge in [0.25, 0.3) is 5.56 Å². The quantitative estimate of drug-likeness (QED) is 0.574. The molecule has 3 rings (SSSR count). The van der Waals surface area contributed by atoms with Crippen molar-refractivity contribution >= 4 is 22.8 Å². The third kappa shape index (κ3) is 2.81. The number of nitrogens with zero attached hydrogens (tertiary/aromatic N) is 2. The number of hydrogen-bond acceptors (Lipinski definition) is 4. The largest absolute Gasteiger partial charge is 0.506 e. The van der Waals surface area contributed by atoms with Gasteiger partial charge in [-0.3, -0.25) is 10.2 Å². The van der Waals surface area contributed by atoms with Gasteiger partial charge in [-0.05, 0) is 31.2 Å². The van der Waals surface area contributed by atoms with Crippen molar-refractivity contribution in [1.29, 1.82) is 0 Å². The van der Waals surface area contributed by atoms with E-state index in [4.69, 9.17) is 0 Å². The van der Waals surface area contributed by atoms with Crippen LogP contribution in [-0.2, 0) is 6.54 Å². The monoisotopic (exact) mass is 307 g/mol. The Balaban J connectivity index is 2.05. The molecular formula is C18H17N3O2. The number of hydrazone groups is 1. The second-order valence-electron chi connectivity index (χ2n) is 5.06. The summed E-state index contributed by atoms with van der Waals surface area (Å²) in [7, 11) is 0. The van der Waals surface area contributed by atoms with Gasteiger partial charge < -0.3 is 9.67 Å². The molecule has 1 aromatic heterocycles. The first-order chi connectivity index (χ1) is 11.2. The fraction of sp³-hybridized carbons (Fsp3) is 0.111. The molecule has 23 heavy (non-hydrogen) atoms. The summed E-state index contributed by atoms with van der Waals surface area (Å²) < 4.78 is 1.62. The Morgan fingerprint density at radius 2 is 1.83 bits per heavy atom. The molecule has 0 aliphatic carbocycles. The molecular weight excluding hydrogens is 290 g/mol. The number of benzene rings is 2. The van der Waals surface area contributed by atoms with Crippen LogP contribution in [0.15, 0.2) is 64.5 Å². The van der Waals surface area contributed by atoms with Crippen LogP contribution in [0, 0.1) is 0 Å². The predicted molar refractivity (Wildman–Crippen MR) is 93.2 cm³/mol. The summed E-state index contributed by atoms with van der Waals surface area (Å²) in [5.41, 5.74) is 4.28. The van der Waals surface area contributed by atoms with Crippen molar-refractivity contribution in [3.8, 4) is 5.75 Å². The third-order valence-corrected chi connectivity index (χ3v) is 3.66. The molecule has 0 amide bonds. The van der Waals surface area contributed by atoms with E-state index < -0.39 is 0 Å². The molecule has 0 saturated heterocycles. The number of hydrogen-bond donors (Lipinski definition) is 2. The van der Waals surface area contributed by atoms with E-state index in [0.717, 1.165) is 5.69 Å². The fourth-order valence-electron chi connectivity index (χ4n) is 2.52. The topological polar surface area (TPSA) is 66.6 Å². The first kappa shape index (κ1) is 14.8. The lowest BCUT2D eigenvalue weighted by Gasteiger charge is -2.11. The van der Waals surface area contributed by atoms with Crippen LogP contribution in [0.5, 0.6) is 5.75 Å². The van der Waals surface area contributed by atoms with Crippen LogP contribution in [0.1, 0.15) is 12.5 Å². The Labute approximate surface area is 133 Å². The number of aromatic nitrogens is 1. The summed E-state index contributed by atoms with van der Waals surface area (Å²) in [5.74, 6) is -0.0473. The van der Waals surface area contributed by atoms with Crippen molar-refractivity contribution in [2.24, 2.45) is 5.10 Å². The maximum Gasteiger partial charge on any atom is 0.263 e. The SMILES string of the molecule is CCn1c(=O)c(/C=N\Nc2ccccc2)c(O)c2ccccc21. The van der Waals surface area contributed by atoms with Gasteiger partial charge in [-0.1, -0.05) is 30.3 Å².